The largest absolute Gasteiger partial charge is 0.461 e. The standard InChI is InChI=1S/C17H13ClN2O3/c1-2-23-17(22)15-16(21)13-5-3-4-6-14(13)20(19-15)12-9-7-11(18)8-10-12/h3-10H,2H2,1H3. The highest BCUT2D eigenvalue weighted by Crippen LogP contribution is 2.18. The highest BCUT2D eigenvalue weighted by atomic mass is 35.5. The summed E-state index contributed by atoms with van der Waals surface area (Å²) in [4.78, 5) is 24.5. The summed E-state index contributed by atoms with van der Waals surface area (Å²) in [5.41, 5.74) is 0.619. The SMILES string of the molecule is CCOC(=O)c1nn(-c2ccc(Cl)cc2)c2ccccc2c1=O. The number of carbonyl (C=O) groups is 1. The molecule has 0 amide bonds. The highest BCUT2D eigenvalue weighted by molar-refractivity contribution is 6.30. The van der Waals surface area contributed by atoms with Crippen LogP contribution in [-0.4, -0.2) is 22.4 Å². The predicted molar refractivity (Wildman–Crippen MR) is 88.3 cm³/mol. The summed E-state index contributed by atoms with van der Waals surface area (Å²) >= 11 is 5.91. The maximum absolute atomic E-state index is 12.5. The van der Waals surface area contributed by atoms with Gasteiger partial charge in [-0.3, -0.25) is 4.79 Å². The van der Waals surface area contributed by atoms with Crippen molar-refractivity contribution in [2.24, 2.45) is 0 Å². The van der Waals surface area contributed by atoms with Crippen molar-refractivity contribution >= 4 is 28.5 Å². The van der Waals surface area contributed by atoms with E-state index in [1.807, 2.05) is 0 Å². The molecule has 0 saturated carbocycles. The smallest absolute Gasteiger partial charge is 0.362 e. The molecule has 0 saturated heterocycles. The lowest BCUT2D eigenvalue weighted by atomic mass is 10.2. The van der Waals surface area contributed by atoms with Gasteiger partial charge in [0, 0.05) is 5.02 Å². The van der Waals surface area contributed by atoms with Gasteiger partial charge in [0.1, 0.15) is 0 Å². The average Bonchev–Trinajstić information content (AvgIpc) is 2.57. The molecule has 0 radical (unpaired) electrons. The van der Waals surface area contributed by atoms with Gasteiger partial charge in [-0.2, -0.15) is 5.10 Å². The number of rotatable bonds is 3. The van der Waals surface area contributed by atoms with E-state index in [2.05, 4.69) is 5.10 Å². The number of fused-ring (bicyclic) bond motifs is 1. The van der Waals surface area contributed by atoms with Crippen LogP contribution in [0.3, 0.4) is 0 Å². The van der Waals surface area contributed by atoms with Crippen LogP contribution >= 0.6 is 11.6 Å². The molecule has 0 unspecified atom stereocenters. The fourth-order valence-electron chi connectivity index (χ4n) is 2.29. The van der Waals surface area contributed by atoms with Gasteiger partial charge in [-0.05, 0) is 43.3 Å². The molecule has 3 aromatic rings. The van der Waals surface area contributed by atoms with Crippen molar-refractivity contribution in [2.75, 3.05) is 6.61 Å². The van der Waals surface area contributed by atoms with E-state index in [-0.39, 0.29) is 12.3 Å². The molecular formula is C17H13ClN2O3. The van der Waals surface area contributed by atoms with Gasteiger partial charge in [-0.1, -0.05) is 23.7 Å². The number of hydrogen-bond donors (Lipinski definition) is 0. The first-order chi connectivity index (χ1) is 11.1. The van der Waals surface area contributed by atoms with Crippen molar-refractivity contribution in [2.45, 2.75) is 6.92 Å². The summed E-state index contributed by atoms with van der Waals surface area (Å²) in [5, 5.41) is 5.20. The molecule has 1 heterocycles. The fraction of sp³-hybridized carbons (Fsp3) is 0.118. The monoisotopic (exact) mass is 328 g/mol. The summed E-state index contributed by atoms with van der Waals surface area (Å²) in [7, 11) is 0. The first-order valence-corrected chi connectivity index (χ1v) is 7.44. The number of benzene rings is 2. The van der Waals surface area contributed by atoms with Crippen molar-refractivity contribution in [3.05, 3.63) is 69.5 Å². The number of aromatic nitrogens is 2. The molecule has 116 valence electrons. The summed E-state index contributed by atoms with van der Waals surface area (Å²) in [6.07, 6.45) is 0. The van der Waals surface area contributed by atoms with Crippen LogP contribution in [-0.2, 0) is 4.74 Å². The van der Waals surface area contributed by atoms with Crippen LogP contribution in [0.25, 0.3) is 16.6 Å². The maximum atomic E-state index is 12.5. The van der Waals surface area contributed by atoms with Crippen molar-refractivity contribution in [3.8, 4) is 5.69 Å². The Morgan fingerprint density at radius 3 is 2.57 bits per heavy atom. The number of halogens is 1. The Morgan fingerprint density at radius 1 is 1.17 bits per heavy atom. The van der Waals surface area contributed by atoms with Crippen LogP contribution in [0, 0.1) is 0 Å². The Hall–Kier alpha value is -2.66. The second kappa shape index (κ2) is 6.22. The number of carbonyl (C=O) groups excluding carboxylic acids is 1. The van der Waals surface area contributed by atoms with Crippen molar-refractivity contribution in [3.63, 3.8) is 0 Å². The molecule has 0 spiro atoms. The lowest BCUT2D eigenvalue weighted by molar-refractivity contribution is 0.0516. The Balaban J connectivity index is 2.32. The molecule has 0 fully saturated rings. The normalized spacial score (nSPS) is 10.7. The number of ether oxygens (including phenoxy) is 1. The lowest BCUT2D eigenvalue weighted by Crippen LogP contribution is -2.24. The van der Waals surface area contributed by atoms with E-state index < -0.39 is 11.4 Å². The molecule has 0 aliphatic heterocycles. The summed E-state index contributed by atoms with van der Waals surface area (Å²) < 4.78 is 6.47. The third kappa shape index (κ3) is 2.83. The molecular weight excluding hydrogens is 316 g/mol. The molecule has 6 heteroatoms. The summed E-state index contributed by atoms with van der Waals surface area (Å²) in [5.74, 6) is -0.731. The van der Waals surface area contributed by atoms with E-state index in [1.54, 1.807) is 60.1 Å². The van der Waals surface area contributed by atoms with Gasteiger partial charge >= 0.3 is 5.97 Å². The van der Waals surface area contributed by atoms with Crippen molar-refractivity contribution in [1.29, 1.82) is 0 Å². The summed E-state index contributed by atoms with van der Waals surface area (Å²) in [6, 6.07) is 13.9. The molecule has 5 nitrogen and oxygen atoms in total. The molecule has 3 rings (SSSR count). The molecule has 0 atom stereocenters. The van der Waals surface area contributed by atoms with Gasteiger partial charge in [0.05, 0.1) is 23.2 Å². The molecule has 0 N–H and O–H groups in total. The third-order valence-electron chi connectivity index (χ3n) is 3.33. The molecule has 0 aliphatic rings. The fourth-order valence-corrected chi connectivity index (χ4v) is 2.42. The van der Waals surface area contributed by atoms with Gasteiger partial charge in [0.15, 0.2) is 0 Å². The Morgan fingerprint density at radius 2 is 1.87 bits per heavy atom. The molecule has 1 aromatic heterocycles. The zero-order chi connectivity index (χ0) is 16.4. The first kappa shape index (κ1) is 15.2. The van der Waals surface area contributed by atoms with Crippen LogP contribution in [0.5, 0.6) is 0 Å². The second-order valence-electron chi connectivity index (χ2n) is 4.80. The van der Waals surface area contributed by atoms with Gasteiger partial charge in [0.2, 0.25) is 11.1 Å². The van der Waals surface area contributed by atoms with Crippen LogP contribution in [0.15, 0.2) is 53.3 Å². The van der Waals surface area contributed by atoms with E-state index in [9.17, 15) is 9.59 Å². The predicted octanol–water partition coefficient (Wildman–Crippen LogP) is 3.22. The third-order valence-corrected chi connectivity index (χ3v) is 3.58. The van der Waals surface area contributed by atoms with E-state index in [0.717, 1.165) is 0 Å². The van der Waals surface area contributed by atoms with Gasteiger partial charge in [-0.25, -0.2) is 9.48 Å². The minimum Gasteiger partial charge on any atom is -0.461 e. The summed E-state index contributed by atoms with van der Waals surface area (Å²) in [6.45, 7) is 1.85. The lowest BCUT2D eigenvalue weighted by Gasteiger charge is -2.11. The van der Waals surface area contributed by atoms with Crippen molar-refractivity contribution < 1.29 is 9.53 Å². The van der Waals surface area contributed by atoms with Gasteiger partial charge < -0.3 is 4.74 Å². The van der Waals surface area contributed by atoms with E-state index in [0.29, 0.717) is 21.6 Å². The topological polar surface area (TPSA) is 61.2 Å². The maximum Gasteiger partial charge on any atom is 0.362 e. The van der Waals surface area contributed by atoms with Crippen LogP contribution in [0.2, 0.25) is 5.02 Å². The molecule has 0 aliphatic carbocycles. The zero-order valence-corrected chi connectivity index (χ0v) is 13.1. The van der Waals surface area contributed by atoms with Gasteiger partial charge in [-0.15, -0.1) is 0 Å². The number of para-hydroxylation sites is 1. The number of esters is 1. The minimum absolute atomic E-state index is 0.174. The Labute approximate surface area is 137 Å². The molecule has 0 bridgehead atoms. The number of nitrogens with zero attached hydrogens (tertiary/aromatic N) is 2. The highest BCUT2D eigenvalue weighted by Gasteiger charge is 2.18. The van der Waals surface area contributed by atoms with Crippen LogP contribution in [0.4, 0.5) is 0 Å². The van der Waals surface area contributed by atoms with Crippen LogP contribution in [0.1, 0.15) is 17.4 Å². The second-order valence-corrected chi connectivity index (χ2v) is 5.24. The van der Waals surface area contributed by atoms with E-state index >= 15 is 0 Å². The Kier molecular flexibility index (Phi) is 4.12. The first-order valence-electron chi connectivity index (χ1n) is 7.07. The Bertz CT molecular complexity index is 933. The molecule has 2 aromatic carbocycles. The van der Waals surface area contributed by atoms with Gasteiger partial charge in [0.25, 0.3) is 0 Å². The van der Waals surface area contributed by atoms with E-state index in [4.69, 9.17) is 16.3 Å². The zero-order valence-electron chi connectivity index (χ0n) is 12.3. The van der Waals surface area contributed by atoms with E-state index in [1.165, 1.54) is 0 Å². The molecule has 23 heavy (non-hydrogen) atoms. The minimum atomic E-state index is -0.731. The van der Waals surface area contributed by atoms with Crippen LogP contribution < -0.4 is 5.43 Å². The average molecular weight is 329 g/mol. The number of hydrogen-bond acceptors (Lipinski definition) is 4. The van der Waals surface area contributed by atoms with Crippen molar-refractivity contribution in [1.82, 2.24) is 9.78 Å². The quantitative estimate of drug-likeness (QED) is 0.693.